The van der Waals surface area contributed by atoms with E-state index in [1.807, 2.05) is 5.51 Å². The van der Waals surface area contributed by atoms with E-state index in [1.54, 1.807) is 16.9 Å². The van der Waals surface area contributed by atoms with Gasteiger partial charge in [0.15, 0.2) is 0 Å². The third-order valence-corrected chi connectivity index (χ3v) is 5.22. The molecule has 1 unspecified atom stereocenters. The summed E-state index contributed by atoms with van der Waals surface area (Å²) in [6, 6.07) is 9.02. The summed E-state index contributed by atoms with van der Waals surface area (Å²) in [4.78, 5) is 4.55. The Kier molecular flexibility index (Phi) is 4.71. The molecule has 1 aromatic heterocycles. The number of thiazole rings is 1. The maximum Gasteiger partial charge on any atom is 0.0794 e. The van der Waals surface area contributed by atoms with Crippen molar-refractivity contribution in [2.75, 3.05) is 13.1 Å². The Morgan fingerprint density at radius 1 is 1.33 bits per heavy atom. The van der Waals surface area contributed by atoms with Gasteiger partial charge in [-0.3, -0.25) is 0 Å². The smallest absolute Gasteiger partial charge is 0.0794 e. The van der Waals surface area contributed by atoms with E-state index in [4.69, 9.17) is 0 Å². The second kappa shape index (κ2) is 6.71. The van der Waals surface area contributed by atoms with Crippen LogP contribution >= 0.6 is 11.3 Å². The summed E-state index contributed by atoms with van der Waals surface area (Å²) in [5.41, 5.74) is 6.51. The summed E-state index contributed by atoms with van der Waals surface area (Å²) >= 11 is 1.71. The second-order valence-corrected chi connectivity index (χ2v) is 6.84. The zero-order chi connectivity index (χ0) is 14.5. The van der Waals surface area contributed by atoms with E-state index in [9.17, 15) is 0 Å². The zero-order valence-corrected chi connectivity index (χ0v) is 13.6. The van der Waals surface area contributed by atoms with Gasteiger partial charge >= 0.3 is 0 Å². The van der Waals surface area contributed by atoms with E-state index in [-0.39, 0.29) is 5.41 Å². The molecule has 1 atom stereocenters. The topological polar surface area (TPSA) is 24.9 Å². The van der Waals surface area contributed by atoms with E-state index < -0.39 is 0 Å². The van der Waals surface area contributed by atoms with E-state index in [1.165, 1.54) is 36.9 Å². The molecular weight excluding hydrogens is 276 g/mol. The third-order valence-electron chi connectivity index (χ3n) is 4.58. The summed E-state index contributed by atoms with van der Waals surface area (Å²) in [5.74, 6) is 0. The van der Waals surface area contributed by atoms with Crippen LogP contribution in [0.4, 0.5) is 0 Å². The molecule has 0 amide bonds. The molecule has 1 aliphatic rings. The van der Waals surface area contributed by atoms with Crippen molar-refractivity contribution in [2.24, 2.45) is 0 Å². The second-order valence-electron chi connectivity index (χ2n) is 6.12. The highest BCUT2D eigenvalue weighted by molar-refractivity contribution is 7.07. The van der Waals surface area contributed by atoms with Crippen LogP contribution in [0.25, 0.3) is 0 Å². The average molecular weight is 300 g/mol. The van der Waals surface area contributed by atoms with Gasteiger partial charge in [0.1, 0.15) is 0 Å². The summed E-state index contributed by atoms with van der Waals surface area (Å²) in [6.07, 6.45) is 6.02. The van der Waals surface area contributed by atoms with Crippen LogP contribution in [0.3, 0.4) is 0 Å². The Morgan fingerprint density at radius 3 is 3.05 bits per heavy atom. The fourth-order valence-corrected chi connectivity index (χ4v) is 4.17. The standard InChI is InChI=1S/C18H24N2S/c1-2-10-19-13-18(11-16-12-21-14-20-16)9-5-7-15-6-3-4-8-17(15)18/h3-4,6,8,12,14,19H,2,5,7,9-11,13H2,1H3. The molecule has 1 N–H and O–H groups in total. The van der Waals surface area contributed by atoms with E-state index in [2.05, 4.69) is 46.9 Å². The maximum absolute atomic E-state index is 4.55. The van der Waals surface area contributed by atoms with Crippen LogP contribution in [0.15, 0.2) is 35.2 Å². The van der Waals surface area contributed by atoms with Crippen LogP contribution in [-0.4, -0.2) is 18.1 Å². The van der Waals surface area contributed by atoms with Gasteiger partial charge in [-0.2, -0.15) is 0 Å². The summed E-state index contributed by atoms with van der Waals surface area (Å²) in [6.45, 7) is 4.39. The lowest BCUT2D eigenvalue weighted by molar-refractivity contribution is 0.334. The lowest BCUT2D eigenvalue weighted by atomic mass is 9.67. The van der Waals surface area contributed by atoms with Crippen LogP contribution in [0.5, 0.6) is 0 Å². The highest BCUT2D eigenvalue weighted by Gasteiger charge is 2.36. The molecule has 0 radical (unpaired) electrons. The number of fused-ring (bicyclic) bond motifs is 1. The average Bonchev–Trinajstić information content (AvgIpc) is 3.01. The fourth-order valence-electron chi connectivity index (χ4n) is 3.61. The van der Waals surface area contributed by atoms with Gasteiger partial charge in [-0.1, -0.05) is 31.2 Å². The number of rotatable bonds is 6. The molecule has 1 heterocycles. The van der Waals surface area contributed by atoms with Crippen molar-refractivity contribution in [3.63, 3.8) is 0 Å². The molecule has 112 valence electrons. The van der Waals surface area contributed by atoms with E-state index in [0.29, 0.717) is 0 Å². The van der Waals surface area contributed by atoms with E-state index in [0.717, 1.165) is 19.5 Å². The van der Waals surface area contributed by atoms with Crippen molar-refractivity contribution < 1.29 is 0 Å². The molecule has 2 nitrogen and oxygen atoms in total. The van der Waals surface area contributed by atoms with Crippen molar-refractivity contribution in [1.29, 1.82) is 0 Å². The van der Waals surface area contributed by atoms with Gasteiger partial charge in [-0.15, -0.1) is 11.3 Å². The van der Waals surface area contributed by atoms with Crippen LogP contribution in [0.2, 0.25) is 0 Å². The van der Waals surface area contributed by atoms with Gasteiger partial charge in [0.2, 0.25) is 0 Å². The van der Waals surface area contributed by atoms with Crippen molar-refractivity contribution in [3.8, 4) is 0 Å². The monoisotopic (exact) mass is 300 g/mol. The molecule has 0 bridgehead atoms. The molecule has 0 fully saturated rings. The Morgan fingerprint density at radius 2 is 2.24 bits per heavy atom. The molecule has 1 aliphatic carbocycles. The molecule has 0 aliphatic heterocycles. The van der Waals surface area contributed by atoms with Crippen LogP contribution in [-0.2, 0) is 18.3 Å². The SMILES string of the molecule is CCCNCC1(Cc2cscn2)CCCc2ccccc21. The lowest BCUT2D eigenvalue weighted by Crippen LogP contribution is -2.43. The maximum atomic E-state index is 4.55. The van der Waals surface area contributed by atoms with Crippen LogP contribution in [0, 0.1) is 0 Å². The predicted molar refractivity (Wildman–Crippen MR) is 90.0 cm³/mol. The third kappa shape index (κ3) is 3.19. The Labute approximate surface area is 131 Å². The molecule has 3 rings (SSSR count). The molecule has 0 saturated heterocycles. The van der Waals surface area contributed by atoms with Crippen molar-refractivity contribution >= 4 is 11.3 Å². The van der Waals surface area contributed by atoms with Gasteiger partial charge in [-0.25, -0.2) is 4.98 Å². The first-order chi connectivity index (χ1) is 10.3. The Balaban J connectivity index is 1.92. The number of aryl methyl sites for hydroxylation is 1. The number of nitrogens with one attached hydrogen (secondary N) is 1. The molecule has 2 aromatic rings. The van der Waals surface area contributed by atoms with Crippen molar-refractivity contribution in [1.82, 2.24) is 10.3 Å². The molecule has 1 aromatic carbocycles. The van der Waals surface area contributed by atoms with Crippen LogP contribution < -0.4 is 5.32 Å². The number of benzene rings is 1. The van der Waals surface area contributed by atoms with Gasteiger partial charge in [0, 0.05) is 23.8 Å². The van der Waals surface area contributed by atoms with Crippen molar-refractivity contribution in [3.05, 3.63) is 52.0 Å². The number of hydrogen-bond acceptors (Lipinski definition) is 3. The molecule has 0 spiro atoms. The number of hydrogen-bond donors (Lipinski definition) is 1. The van der Waals surface area contributed by atoms with Gasteiger partial charge < -0.3 is 5.32 Å². The van der Waals surface area contributed by atoms with Crippen molar-refractivity contribution in [2.45, 2.75) is 44.4 Å². The summed E-state index contributed by atoms with van der Waals surface area (Å²) in [7, 11) is 0. The molecular formula is C18H24N2S. The molecule has 3 heteroatoms. The highest BCUT2D eigenvalue weighted by atomic mass is 32.1. The van der Waals surface area contributed by atoms with Gasteiger partial charge in [-0.05, 0) is 43.4 Å². The first-order valence-corrected chi connectivity index (χ1v) is 8.94. The number of nitrogens with zero attached hydrogens (tertiary/aromatic N) is 1. The minimum atomic E-state index is 0.220. The number of aromatic nitrogens is 1. The quantitative estimate of drug-likeness (QED) is 0.817. The van der Waals surface area contributed by atoms with Gasteiger partial charge in [0.05, 0.1) is 11.2 Å². The van der Waals surface area contributed by atoms with E-state index >= 15 is 0 Å². The predicted octanol–water partition coefficient (Wildman–Crippen LogP) is 3.96. The lowest BCUT2D eigenvalue weighted by Gasteiger charge is -2.39. The summed E-state index contributed by atoms with van der Waals surface area (Å²) < 4.78 is 0. The summed E-state index contributed by atoms with van der Waals surface area (Å²) in [5, 5.41) is 5.88. The Hall–Kier alpha value is -1.19. The normalized spacial score (nSPS) is 21.2. The molecule has 0 saturated carbocycles. The first kappa shape index (κ1) is 14.7. The first-order valence-electron chi connectivity index (χ1n) is 8.00. The zero-order valence-electron chi connectivity index (χ0n) is 12.8. The van der Waals surface area contributed by atoms with Crippen LogP contribution in [0.1, 0.15) is 43.0 Å². The highest BCUT2D eigenvalue weighted by Crippen LogP contribution is 2.39. The largest absolute Gasteiger partial charge is 0.316 e. The minimum Gasteiger partial charge on any atom is -0.316 e. The molecule has 21 heavy (non-hydrogen) atoms. The minimum absolute atomic E-state index is 0.220. The van der Waals surface area contributed by atoms with Gasteiger partial charge in [0.25, 0.3) is 0 Å². The Bertz CT molecular complexity index is 564. The fraction of sp³-hybridized carbons (Fsp3) is 0.500.